The Morgan fingerprint density at radius 3 is 2.94 bits per heavy atom. The molecule has 2 aromatic heterocycles. The molecule has 0 amide bonds. The van der Waals surface area contributed by atoms with Crippen molar-refractivity contribution >= 4 is 27.3 Å². The van der Waals surface area contributed by atoms with Crippen molar-refractivity contribution < 1.29 is 0 Å². The van der Waals surface area contributed by atoms with Crippen LogP contribution in [0.25, 0.3) is 0 Å². The van der Waals surface area contributed by atoms with Gasteiger partial charge in [0, 0.05) is 27.0 Å². The number of nitrogens with two attached hydrogens (primary N) is 1. The number of hydrogen-bond donors (Lipinski definition) is 1. The Balaban J connectivity index is 2.47. The monoisotopic (exact) mass is 323 g/mol. The van der Waals surface area contributed by atoms with E-state index in [1.54, 1.807) is 11.3 Å². The molecule has 0 spiro atoms. The first-order valence-corrected chi connectivity index (χ1v) is 7.41. The number of nitrogens with zero attached hydrogens (tertiary/aromatic N) is 2. The number of hydrogen-bond acceptors (Lipinski definition) is 3. The molecule has 2 rings (SSSR count). The van der Waals surface area contributed by atoms with Crippen molar-refractivity contribution in [3.8, 4) is 6.07 Å². The fourth-order valence-electron chi connectivity index (χ4n) is 1.99. The zero-order valence-corrected chi connectivity index (χ0v) is 12.4. The van der Waals surface area contributed by atoms with E-state index in [4.69, 9.17) is 11.0 Å². The molecule has 2 heterocycles. The summed E-state index contributed by atoms with van der Waals surface area (Å²) >= 11 is 5.13. The van der Waals surface area contributed by atoms with E-state index in [-0.39, 0.29) is 12.1 Å². The van der Waals surface area contributed by atoms with Crippen LogP contribution < -0.4 is 5.73 Å². The number of thiophene rings is 1. The average Bonchev–Trinajstić information content (AvgIpc) is 2.99. The van der Waals surface area contributed by atoms with E-state index in [0.29, 0.717) is 5.69 Å². The Morgan fingerprint density at radius 1 is 1.61 bits per heavy atom. The molecule has 2 N–H and O–H groups in total. The number of rotatable bonds is 4. The molecule has 18 heavy (non-hydrogen) atoms. The molecule has 2 aromatic rings. The van der Waals surface area contributed by atoms with Gasteiger partial charge in [-0.25, -0.2) is 0 Å². The second kappa shape index (κ2) is 5.70. The Labute approximate surface area is 119 Å². The summed E-state index contributed by atoms with van der Waals surface area (Å²) < 4.78 is 3.02. The van der Waals surface area contributed by atoms with E-state index in [0.717, 1.165) is 10.9 Å². The molecule has 2 atom stereocenters. The summed E-state index contributed by atoms with van der Waals surface area (Å²) in [6.07, 6.45) is 2.79. The van der Waals surface area contributed by atoms with Crippen molar-refractivity contribution in [3.63, 3.8) is 0 Å². The van der Waals surface area contributed by atoms with Gasteiger partial charge in [0.15, 0.2) is 0 Å². The maximum Gasteiger partial charge on any atom is 0.120 e. The normalized spacial score (nSPS) is 14.1. The first kappa shape index (κ1) is 13.3. The summed E-state index contributed by atoms with van der Waals surface area (Å²) in [5, 5.41) is 11.2. The third-order valence-corrected chi connectivity index (χ3v) is 4.71. The lowest BCUT2D eigenvalue weighted by atomic mass is 10.0. The molecule has 94 valence electrons. The summed E-state index contributed by atoms with van der Waals surface area (Å²) in [5.74, 6) is 0. The minimum absolute atomic E-state index is 0.00458. The van der Waals surface area contributed by atoms with Gasteiger partial charge in [-0.1, -0.05) is 6.92 Å². The molecule has 0 aliphatic rings. The van der Waals surface area contributed by atoms with Crippen LogP contribution in [0.1, 0.15) is 30.0 Å². The Kier molecular flexibility index (Phi) is 4.23. The van der Waals surface area contributed by atoms with Crippen molar-refractivity contribution in [1.82, 2.24) is 4.57 Å². The van der Waals surface area contributed by atoms with E-state index >= 15 is 0 Å². The van der Waals surface area contributed by atoms with E-state index < -0.39 is 0 Å². The van der Waals surface area contributed by atoms with Gasteiger partial charge in [0.1, 0.15) is 11.8 Å². The maximum absolute atomic E-state index is 9.15. The van der Waals surface area contributed by atoms with Gasteiger partial charge in [0.2, 0.25) is 0 Å². The molecule has 0 aliphatic carbocycles. The molecule has 0 saturated carbocycles. The van der Waals surface area contributed by atoms with Crippen LogP contribution in [0.2, 0.25) is 0 Å². The molecular formula is C13H14BrN3S. The molecule has 0 saturated heterocycles. The van der Waals surface area contributed by atoms with E-state index in [1.165, 1.54) is 4.88 Å². The standard InChI is InChI=1S/C13H14BrN3S/c1-2-11(16)13(12-6-9(14)8-18-12)17-5-3-4-10(17)7-15/h3-6,8,11,13H,2,16H2,1H3. The summed E-state index contributed by atoms with van der Waals surface area (Å²) in [6.45, 7) is 2.07. The third-order valence-electron chi connectivity index (χ3n) is 2.95. The molecule has 0 aromatic carbocycles. The van der Waals surface area contributed by atoms with Gasteiger partial charge in [0.25, 0.3) is 0 Å². The Morgan fingerprint density at radius 2 is 2.39 bits per heavy atom. The lowest BCUT2D eigenvalue weighted by Crippen LogP contribution is -2.32. The van der Waals surface area contributed by atoms with E-state index in [9.17, 15) is 0 Å². The second-order valence-electron chi connectivity index (χ2n) is 4.10. The molecule has 0 radical (unpaired) electrons. The largest absolute Gasteiger partial charge is 0.330 e. The zero-order valence-electron chi connectivity index (χ0n) is 10.0. The van der Waals surface area contributed by atoms with Crippen molar-refractivity contribution in [2.45, 2.75) is 25.4 Å². The zero-order chi connectivity index (χ0) is 13.1. The van der Waals surface area contributed by atoms with E-state index in [1.807, 2.05) is 28.3 Å². The van der Waals surface area contributed by atoms with Crippen molar-refractivity contribution in [1.29, 1.82) is 5.26 Å². The topological polar surface area (TPSA) is 54.7 Å². The van der Waals surface area contributed by atoms with Gasteiger partial charge in [-0.2, -0.15) is 5.26 Å². The predicted molar refractivity (Wildman–Crippen MR) is 77.6 cm³/mol. The van der Waals surface area contributed by atoms with Crippen LogP contribution in [-0.2, 0) is 0 Å². The molecule has 2 unspecified atom stereocenters. The lowest BCUT2D eigenvalue weighted by Gasteiger charge is -2.24. The molecule has 3 nitrogen and oxygen atoms in total. The minimum atomic E-state index is -0.00458. The number of halogens is 1. The van der Waals surface area contributed by atoms with Crippen LogP contribution in [0.4, 0.5) is 0 Å². The highest BCUT2D eigenvalue weighted by atomic mass is 79.9. The average molecular weight is 324 g/mol. The maximum atomic E-state index is 9.15. The SMILES string of the molecule is CCC(N)C(c1cc(Br)cs1)n1cccc1C#N. The first-order chi connectivity index (χ1) is 8.67. The smallest absolute Gasteiger partial charge is 0.120 e. The molecular weight excluding hydrogens is 310 g/mol. The molecule has 0 fully saturated rings. The molecule has 5 heteroatoms. The van der Waals surface area contributed by atoms with Gasteiger partial charge in [0.05, 0.1) is 6.04 Å². The van der Waals surface area contributed by atoms with Gasteiger partial charge in [-0.05, 0) is 40.5 Å². The summed E-state index contributed by atoms with van der Waals surface area (Å²) in [5.41, 5.74) is 6.88. The number of nitriles is 1. The first-order valence-electron chi connectivity index (χ1n) is 5.73. The van der Waals surface area contributed by atoms with E-state index in [2.05, 4.69) is 35.0 Å². The quantitative estimate of drug-likeness (QED) is 0.936. The van der Waals surface area contributed by atoms with Gasteiger partial charge < -0.3 is 10.3 Å². The highest BCUT2D eigenvalue weighted by Crippen LogP contribution is 2.31. The summed E-state index contributed by atoms with van der Waals surface area (Å²) in [7, 11) is 0. The van der Waals surface area contributed by atoms with Crippen LogP contribution in [0.15, 0.2) is 34.2 Å². The molecule has 0 aliphatic heterocycles. The van der Waals surface area contributed by atoms with Gasteiger partial charge in [-0.15, -0.1) is 11.3 Å². The fraction of sp³-hybridized carbons (Fsp3) is 0.308. The second-order valence-corrected chi connectivity index (χ2v) is 5.96. The highest BCUT2D eigenvalue weighted by molar-refractivity contribution is 9.10. The minimum Gasteiger partial charge on any atom is -0.330 e. The highest BCUT2D eigenvalue weighted by Gasteiger charge is 2.23. The third kappa shape index (κ3) is 2.51. The fourth-order valence-corrected chi connectivity index (χ4v) is 3.61. The van der Waals surface area contributed by atoms with Crippen LogP contribution in [0, 0.1) is 11.3 Å². The van der Waals surface area contributed by atoms with Crippen molar-refractivity contribution in [2.75, 3.05) is 0 Å². The van der Waals surface area contributed by atoms with Crippen LogP contribution >= 0.6 is 27.3 Å². The Bertz CT molecular complexity index is 567. The van der Waals surface area contributed by atoms with Crippen LogP contribution in [0.5, 0.6) is 0 Å². The summed E-state index contributed by atoms with van der Waals surface area (Å²) in [4.78, 5) is 1.17. The van der Waals surface area contributed by atoms with Crippen molar-refractivity contribution in [2.24, 2.45) is 5.73 Å². The molecule has 0 bridgehead atoms. The van der Waals surface area contributed by atoms with Crippen molar-refractivity contribution in [3.05, 3.63) is 44.8 Å². The van der Waals surface area contributed by atoms with Crippen LogP contribution in [-0.4, -0.2) is 10.6 Å². The Hall–Kier alpha value is -1.09. The summed E-state index contributed by atoms with van der Waals surface area (Å²) in [6, 6.07) is 8.01. The lowest BCUT2D eigenvalue weighted by molar-refractivity contribution is 0.463. The predicted octanol–water partition coefficient (Wildman–Crippen LogP) is 3.51. The van der Waals surface area contributed by atoms with Gasteiger partial charge >= 0.3 is 0 Å². The van der Waals surface area contributed by atoms with Gasteiger partial charge in [-0.3, -0.25) is 0 Å². The van der Waals surface area contributed by atoms with Crippen LogP contribution in [0.3, 0.4) is 0 Å². The number of aromatic nitrogens is 1.